The fourth-order valence-corrected chi connectivity index (χ4v) is 7.62. The van der Waals surface area contributed by atoms with Crippen molar-refractivity contribution in [1.29, 1.82) is 0 Å². The first-order valence-corrected chi connectivity index (χ1v) is 15.6. The second-order valence-electron chi connectivity index (χ2n) is 8.56. The van der Waals surface area contributed by atoms with E-state index < -0.39 is 20.0 Å². The van der Waals surface area contributed by atoms with Crippen LogP contribution in [0.15, 0.2) is 111 Å². The number of fused-ring (bicyclic) bond motifs is 2. The maximum Gasteiger partial charge on any atom is 0.271 e. The molecule has 0 aliphatic rings. The number of nitrogens with one attached hydrogen (secondary N) is 2. The van der Waals surface area contributed by atoms with Gasteiger partial charge in [0.15, 0.2) is 5.58 Å². The zero-order valence-corrected chi connectivity index (χ0v) is 23.0. The van der Waals surface area contributed by atoms with E-state index in [0.29, 0.717) is 38.3 Å². The molecule has 2 heterocycles. The van der Waals surface area contributed by atoms with E-state index >= 15 is 0 Å². The maximum absolute atomic E-state index is 13.0. The number of nitrogens with zero attached hydrogens (tertiary/aromatic N) is 1. The van der Waals surface area contributed by atoms with Gasteiger partial charge in [0.2, 0.25) is 5.89 Å². The average Bonchev–Trinajstić information content (AvgIpc) is 3.55. The standard InChI is InChI=1S/C27H18ClN3O5S3/c28-25-13-14-26(37-25)39(34,35)30-20-8-5-18(6-9-20)27-29-23-16-21(10-12-24(23)36-27)31-38(32,33)22-11-7-17-3-1-2-4-19(17)15-22/h1-16,30-31H. The Hall–Kier alpha value is -3.90. The number of aromatic nitrogens is 1. The van der Waals surface area contributed by atoms with Crippen molar-refractivity contribution in [2.24, 2.45) is 0 Å². The molecule has 0 fully saturated rings. The van der Waals surface area contributed by atoms with Crippen molar-refractivity contribution in [3.63, 3.8) is 0 Å². The van der Waals surface area contributed by atoms with E-state index in [1.807, 2.05) is 24.3 Å². The van der Waals surface area contributed by atoms with Gasteiger partial charge in [-0.1, -0.05) is 41.9 Å². The summed E-state index contributed by atoms with van der Waals surface area (Å²) in [5.74, 6) is 0.305. The quantitative estimate of drug-likeness (QED) is 0.206. The molecule has 39 heavy (non-hydrogen) atoms. The summed E-state index contributed by atoms with van der Waals surface area (Å²) in [5, 5.41) is 1.78. The normalized spacial score (nSPS) is 12.1. The maximum atomic E-state index is 13.0. The summed E-state index contributed by atoms with van der Waals surface area (Å²) in [6, 6.07) is 26.8. The number of rotatable bonds is 7. The Morgan fingerprint density at radius 2 is 1.44 bits per heavy atom. The van der Waals surface area contributed by atoms with E-state index in [9.17, 15) is 16.8 Å². The van der Waals surface area contributed by atoms with Gasteiger partial charge in [0, 0.05) is 11.3 Å². The first-order valence-electron chi connectivity index (χ1n) is 11.5. The Bertz CT molecular complexity index is 2070. The fraction of sp³-hybridized carbons (Fsp3) is 0. The molecule has 0 spiro atoms. The molecular formula is C27H18ClN3O5S3. The average molecular weight is 596 g/mol. The van der Waals surface area contributed by atoms with Crippen LogP contribution in [0, 0.1) is 0 Å². The summed E-state index contributed by atoms with van der Waals surface area (Å²) in [6.45, 7) is 0. The number of hydrogen-bond acceptors (Lipinski definition) is 7. The van der Waals surface area contributed by atoms with E-state index in [-0.39, 0.29) is 9.10 Å². The Balaban J connectivity index is 1.22. The van der Waals surface area contributed by atoms with Crippen molar-refractivity contribution in [3.8, 4) is 11.5 Å². The van der Waals surface area contributed by atoms with E-state index in [0.717, 1.165) is 22.1 Å². The lowest BCUT2D eigenvalue weighted by molar-refractivity contribution is 0.600. The van der Waals surface area contributed by atoms with Crippen LogP contribution in [0.1, 0.15) is 0 Å². The molecule has 0 atom stereocenters. The molecule has 2 N–H and O–H groups in total. The second-order valence-corrected chi connectivity index (χ2v) is 13.9. The van der Waals surface area contributed by atoms with Gasteiger partial charge in [0.1, 0.15) is 9.73 Å². The monoisotopic (exact) mass is 595 g/mol. The number of anilines is 2. The minimum atomic E-state index is -3.83. The minimum absolute atomic E-state index is 0.113. The van der Waals surface area contributed by atoms with Crippen LogP contribution in [-0.4, -0.2) is 21.8 Å². The highest BCUT2D eigenvalue weighted by Crippen LogP contribution is 2.30. The summed E-state index contributed by atoms with van der Waals surface area (Å²) in [7, 11) is -7.58. The van der Waals surface area contributed by atoms with Crippen LogP contribution in [0.2, 0.25) is 4.34 Å². The summed E-state index contributed by atoms with van der Waals surface area (Å²) < 4.78 is 62.6. The molecule has 12 heteroatoms. The minimum Gasteiger partial charge on any atom is -0.436 e. The molecular weight excluding hydrogens is 578 g/mol. The first kappa shape index (κ1) is 25.4. The van der Waals surface area contributed by atoms with E-state index in [1.165, 1.54) is 12.1 Å². The number of hydrogen-bond donors (Lipinski definition) is 2. The molecule has 0 radical (unpaired) electrons. The first-order chi connectivity index (χ1) is 18.7. The van der Waals surface area contributed by atoms with Crippen molar-refractivity contribution >= 4 is 76.2 Å². The summed E-state index contributed by atoms with van der Waals surface area (Å²) in [6.07, 6.45) is 0. The van der Waals surface area contributed by atoms with E-state index in [1.54, 1.807) is 60.7 Å². The van der Waals surface area contributed by atoms with Gasteiger partial charge in [0.25, 0.3) is 20.0 Å². The zero-order valence-electron chi connectivity index (χ0n) is 19.8. The molecule has 0 bridgehead atoms. The summed E-state index contributed by atoms with van der Waals surface area (Å²) in [4.78, 5) is 4.64. The number of oxazole rings is 1. The second kappa shape index (κ2) is 9.69. The summed E-state index contributed by atoms with van der Waals surface area (Å²) in [5.41, 5.74) is 2.26. The number of sulfonamides is 2. The predicted octanol–water partition coefficient (Wildman–Crippen LogP) is 6.96. The Morgan fingerprint density at radius 1 is 0.718 bits per heavy atom. The smallest absolute Gasteiger partial charge is 0.271 e. The largest absolute Gasteiger partial charge is 0.436 e. The van der Waals surface area contributed by atoms with Crippen LogP contribution in [0.3, 0.4) is 0 Å². The lowest BCUT2D eigenvalue weighted by Gasteiger charge is -2.09. The Labute approximate surface area is 233 Å². The molecule has 8 nitrogen and oxygen atoms in total. The molecule has 4 aromatic carbocycles. The highest BCUT2D eigenvalue weighted by Gasteiger charge is 2.18. The SMILES string of the molecule is O=S(=O)(Nc1ccc2oc(-c3ccc(NS(=O)(=O)c4ccc(Cl)s4)cc3)nc2c1)c1ccc2ccccc2c1. The fourth-order valence-electron chi connectivity index (χ4n) is 3.99. The van der Waals surface area contributed by atoms with Crippen LogP contribution in [-0.2, 0) is 20.0 Å². The Kier molecular flexibility index (Phi) is 6.31. The molecule has 0 unspecified atom stereocenters. The molecule has 0 saturated heterocycles. The molecule has 0 aliphatic heterocycles. The van der Waals surface area contributed by atoms with Crippen molar-refractivity contribution in [2.45, 2.75) is 9.10 Å². The lowest BCUT2D eigenvalue weighted by atomic mass is 10.1. The highest BCUT2D eigenvalue weighted by molar-refractivity contribution is 7.94. The predicted molar refractivity (Wildman–Crippen MR) is 154 cm³/mol. The van der Waals surface area contributed by atoms with Crippen molar-refractivity contribution in [3.05, 3.63) is 101 Å². The van der Waals surface area contributed by atoms with Crippen molar-refractivity contribution in [1.82, 2.24) is 4.98 Å². The topological polar surface area (TPSA) is 118 Å². The molecule has 196 valence electrons. The van der Waals surface area contributed by atoms with Gasteiger partial charge in [-0.3, -0.25) is 9.44 Å². The van der Waals surface area contributed by atoms with Crippen LogP contribution < -0.4 is 9.44 Å². The van der Waals surface area contributed by atoms with Crippen molar-refractivity contribution < 1.29 is 21.3 Å². The van der Waals surface area contributed by atoms with Crippen LogP contribution in [0.4, 0.5) is 11.4 Å². The van der Waals surface area contributed by atoms with Gasteiger partial charge < -0.3 is 4.42 Å². The van der Waals surface area contributed by atoms with Gasteiger partial charge in [-0.2, -0.15) is 0 Å². The van der Waals surface area contributed by atoms with Crippen molar-refractivity contribution in [2.75, 3.05) is 9.44 Å². The number of thiophene rings is 1. The summed E-state index contributed by atoms with van der Waals surface area (Å²) >= 11 is 6.82. The molecule has 2 aromatic heterocycles. The molecule has 0 saturated carbocycles. The third-order valence-corrected chi connectivity index (χ3v) is 10.4. The van der Waals surface area contributed by atoms with Crippen LogP contribution in [0.5, 0.6) is 0 Å². The number of benzene rings is 4. The number of halogens is 1. The lowest BCUT2D eigenvalue weighted by Crippen LogP contribution is -2.12. The van der Waals surface area contributed by atoms with Crippen LogP contribution in [0.25, 0.3) is 33.3 Å². The molecule has 6 rings (SSSR count). The van der Waals surface area contributed by atoms with E-state index in [2.05, 4.69) is 14.4 Å². The molecule has 0 amide bonds. The van der Waals surface area contributed by atoms with Gasteiger partial charge in [-0.15, -0.1) is 11.3 Å². The molecule has 0 aliphatic carbocycles. The van der Waals surface area contributed by atoms with Crippen LogP contribution >= 0.6 is 22.9 Å². The van der Waals surface area contributed by atoms with E-state index in [4.69, 9.17) is 16.0 Å². The van der Waals surface area contributed by atoms with Gasteiger partial charge >= 0.3 is 0 Å². The third-order valence-electron chi connectivity index (χ3n) is 5.87. The zero-order chi connectivity index (χ0) is 27.2. The van der Waals surface area contributed by atoms with Gasteiger partial charge in [0.05, 0.1) is 14.9 Å². The Morgan fingerprint density at radius 3 is 2.18 bits per heavy atom. The van der Waals surface area contributed by atoms with Gasteiger partial charge in [-0.25, -0.2) is 21.8 Å². The third kappa shape index (κ3) is 5.21. The van der Waals surface area contributed by atoms with Gasteiger partial charge in [-0.05, 0) is 77.5 Å². The highest BCUT2D eigenvalue weighted by atomic mass is 35.5. The molecule has 6 aromatic rings.